The first kappa shape index (κ1) is 18.7. The smallest absolute Gasteiger partial charge is 0.261 e. The van der Waals surface area contributed by atoms with E-state index in [0.29, 0.717) is 23.2 Å². The SMILES string of the molecule is O=S(=O)(Nc1cccc(-c2nc(Cc3ccno3)no2)c1)c1ccc(F)c(F)c1. The Hall–Kier alpha value is -3.60. The van der Waals surface area contributed by atoms with Crippen LogP contribution in [-0.4, -0.2) is 23.7 Å². The van der Waals surface area contributed by atoms with Gasteiger partial charge in [-0.25, -0.2) is 17.2 Å². The minimum Gasteiger partial charge on any atom is -0.361 e. The molecule has 2 heterocycles. The van der Waals surface area contributed by atoms with Crippen molar-refractivity contribution in [1.29, 1.82) is 0 Å². The third-order valence-electron chi connectivity index (χ3n) is 3.85. The van der Waals surface area contributed by atoms with Crippen LogP contribution in [0.25, 0.3) is 11.5 Å². The van der Waals surface area contributed by atoms with Gasteiger partial charge in [0.05, 0.1) is 17.5 Å². The van der Waals surface area contributed by atoms with E-state index in [2.05, 4.69) is 20.0 Å². The van der Waals surface area contributed by atoms with Crippen molar-refractivity contribution in [2.45, 2.75) is 11.3 Å². The summed E-state index contributed by atoms with van der Waals surface area (Å²) in [6.45, 7) is 0. The summed E-state index contributed by atoms with van der Waals surface area (Å²) in [5, 5.41) is 7.44. The normalized spacial score (nSPS) is 11.5. The van der Waals surface area contributed by atoms with Crippen molar-refractivity contribution in [2.75, 3.05) is 4.72 Å². The van der Waals surface area contributed by atoms with E-state index in [9.17, 15) is 17.2 Å². The molecule has 0 radical (unpaired) electrons. The van der Waals surface area contributed by atoms with E-state index in [1.165, 1.54) is 18.3 Å². The number of halogens is 2. The summed E-state index contributed by atoms with van der Waals surface area (Å²) in [7, 11) is -4.12. The molecular formula is C18H12F2N4O4S. The van der Waals surface area contributed by atoms with Gasteiger partial charge in [-0.15, -0.1) is 0 Å². The molecule has 0 aliphatic carbocycles. The summed E-state index contributed by atoms with van der Waals surface area (Å²) in [4.78, 5) is 3.83. The minimum absolute atomic E-state index is 0.174. The first-order chi connectivity index (χ1) is 13.9. The maximum Gasteiger partial charge on any atom is 0.261 e. The van der Waals surface area contributed by atoms with Crippen molar-refractivity contribution in [3.63, 3.8) is 0 Å². The zero-order valence-corrected chi connectivity index (χ0v) is 15.4. The zero-order chi connectivity index (χ0) is 20.4. The Morgan fingerprint density at radius 1 is 1.00 bits per heavy atom. The molecule has 0 atom stereocenters. The van der Waals surface area contributed by atoms with Crippen LogP contribution in [0.2, 0.25) is 0 Å². The molecule has 0 aliphatic rings. The largest absolute Gasteiger partial charge is 0.361 e. The average Bonchev–Trinajstić information content (AvgIpc) is 3.36. The van der Waals surface area contributed by atoms with Gasteiger partial charge in [0, 0.05) is 17.3 Å². The van der Waals surface area contributed by atoms with E-state index < -0.39 is 26.6 Å². The Morgan fingerprint density at radius 2 is 1.86 bits per heavy atom. The van der Waals surface area contributed by atoms with Crippen LogP contribution >= 0.6 is 0 Å². The summed E-state index contributed by atoms with van der Waals surface area (Å²) in [5.41, 5.74) is 0.647. The molecule has 0 saturated carbocycles. The van der Waals surface area contributed by atoms with Gasteiger partial charge in [-0.05, 0) is 36.4 Å². The van der Waals surface area contributed by atoms with Gasteiger partial charge in [-0.1, -0.05) is 16.4 Å². The number of hydrogen-bond donors (Lipinski definition) is 1. The topological polar surface area (TPSA) is 111 Å². The van der Waals surface area contributed by atoms with Crippen molar-refractivity contribution in [2.24, 2.45) is 0 Å². The van der Waals surface area contributed by atoms with Crippen LogP contribution in [0, 0.1) is 11.6 Å². The molecule has 1 N–H and O–H groups in total. The maximum atomic E-state index is 13.4. The summed E-state index contributed by atoms with van der Waals surface area (Å²) in [6.07, 6.45) is 1.78. The Balaban J connectivity index is 1.56. The lowest BCUT2D eigenvalue weighted by atomic mass is 10.2. The lowest BCUT2D eigenvalue weighted by molar-refractivity contribution is 0.382. The average molecular weight is 418 g/mol. The second-order valence-corrected chi connectivity index (χ2v) is 7.62. The van der Waals surface area contributed by atoms with Gasteiger partial charge in [0.2, 0.25) is 0 Å². The molecule has 29 heavy (non-hydrogen) atoms. The number of hydrogen-bond acceptors (Lipinski definition) is 7. The van der Waals surface area contributed by atoms with Crippen LogP contribution in [-0.2, 0) is 16.4 Å². The van der Waals surface area contributed by atoms with Crippen LogP contribution < -0.4 is 4.72 Å². The zero-order valence-electron chi connectivity index (χ0n) is 14.5. The van der Waals surface area contributed by atoms with Gasteiger partial charge >= 0.3 is 0 Å². The molecule has 0 unspecified atom stereocenters. The second kappa shape index (κ2) is 7.43. The fourth-order valence-corrected chi connectivity index (χ4v) is 3.57. The molecule has 148 valence electrons. The van der Waals surface area contributed by atoms with Crippen LogP contribution in [0.15, 0.2) is 68.7 Å². The Bertz CT molecular complexity index is 1260. The highest BCUT2D eigenvalue weighted by molar-refractivity contribution is 7.92. The molecule has 4 aromatic rings. The van der Waals surface area contributed by atoms with Crippen molar-refractivity contribution in [1.82, 2.24) is 15.3 Å². The van der Waals surface area contributed by atoms with Crippen LogP contribution in [0.1, 0.15) is 11.6 Å². The van der Waals surface area contributed by atoms with E-state index >= 15 is 0 Å². The van der Waals surface area contributed by atoms with E-state index in [1.807, 2.05) is 0 Å². The summed E-state index contributed by atoms with van der Waals surface area (Å²) < 4.78 is 63.8. The van der Waals surface area contributed by atoms with Gasteiger partial charge in [-0.3, -0.25) is 4.72 Å². The lowest BCUT2D eigenvalue weighted by Crippen LogP contribution is -2.13. The van der Waals surface area contributed by atoms with Gasteiger partial charge < -0.3 is 9.05 Å². The highest BCUT2D eigenvalue weighted by Gasteiger charge is 2.18. The standard InChI is InChI=1S/C18H12F2N4O4S/c19-15-5-4-14(10-16(15)20)29(25,26)24-12-3-1-2-11(8-12)18-22-17(23-28-18)9-13-6-7-21-27-13/h1-8,10,24H,9H2. The fourth-order valence-electron chi connectivity index (χ4n) is 2.51. The molecule has 0 bridgehead atoms. The highest BCUT2D eigenvalue weighted by Crippen LogP contribution is 2.24. The molecule has 2 aromatic heterocycles. The summed E-state index contributed by atoms with van der Waals surface area (Å²) in [5.74, 6) is -1.29. The predicted molar refractivity (Wildman–Crippen MR) is 96.2 cm³/mol. The molecule has 2 aromatic carbocycles. The number of nitrogens with zero attached hydrogens (tertiary/aromatic N) is 3. The fraction of sp³-hybridized carbons (Fsp3) is 0.0556. The Kier molecular flexibility index (Phi) is 4.80. The Morgan fingerprint density at radius 3 is 2.62 bits per heavy atom. The van der Waals surface area contributed by atoms with Gasteiger partial charge in [0.15, 0.2) is 17.5 Å². The maximum absolute atomic E-state index is 13.4. The number of sulfonamides is 1. The Labute approximate surface area is 163 Å². The minimum atomic E-state index is -4.12. The van der Waals surface area contributed by atoms with E-state index in [0.717, 1.165) is 12.1 Å². The number of anilines is 1. The van der Waals surface area contributed by atoms with Crippen molar-refractivity contribution in [3.05, 3.63) is 77.9 Å². The molecule has 8 nitrogen and oxygen atoms in total. The molecule has 0 amide bonds. The molecular weight excluding hydrogens is 406 g/mol. The number of rotatable bonds is 6. The predicted octanol–water partition coefficient (Wildman–Crippen LogP) is 3.39. The molecule has 0 saturated heterocycles. The number of benzene rings is 2. The molecule has 4 rings (SSSR count). The third kappa shape index (κ3) is 4.14. The summed E-state index contributed by atoms with van der Waals surface area (Å²) >= 11 is 0. The van der Waals surface area contributed by atoms with E-state index in [1.54, 1.807) is 18.2 Å². The molecule has 0 fully saturated rings. The first-order valence-corrected chi connectivity index (χ1v) is 9.69. The van der Waals surface area contributed by atoms with Crippen LogP contribution in [0.5, 0.6) is 0 Å². The highest BCUT2D eigenvalue weighted by atomic mass is 32.2. The quantitative estimate of drug-likeness (QED) is 0.511. The molecule has 0 aliphatic heterocycles. The lowest BCUT2D eigenvalue weighted by Gasteiger charge is -2.09. The van der Waals surface area contributed by atoms with Gasteiger partial charge in [0.25, 0.3) is 15.9 Å². The first-order valence-electron chi connectivity index (χ1n) is 8.21. The summed E-state index contributed by atoms with van der Waals surface area (Å²) in [6, 6.07) is 10.2. The van der Waals surface area contributed by atoms with Gasteiger partial charge in [0.1, 0.15) is 5.76 Å². The van der Waals surface area contributed by atoms with Crippen LogP contribution in [0.3, 0.4) is 0 Å². The third-order valence-corrected chi connectivity index (χ3v) is 5.23. The monoisotopic (exact) mass is 418 g/mol. The van der Waals surface area contributed by atoms with Gasteiger partial charge in [-0.2, -0.15) is 4.98 Å². The van der Waals surface area contributed by atoms with Crippen LogP contribution in [0.4, 0.5) is 14.5 Å². The van der Waals surface area contributed by atoms with E-state index in [-0.39, 0.29) is 18.0 Å². The molecule has 11 heteroatoms. The number of nitrogens with one attached hydrogen (secondary N) is 1. The van der Waals surface area contributed by atoms with Crippen molar-refractivity contribution >= 4 is 15.7 Å². The second-order valence-electron chi connectivity index (χ2n) is 5.93. The van der Waals surface area contributed by atoms with Crippen molar-refractivity contribution in [3.8, 4) is 11.5 Å². The number of aromatic nitrogens is 3. The van der Waals surface area contributed by atoms with E-state index in [4.69, 9.17) is 9.05 Å². The molecule has 0 spiro atoms. The van der Waals surface area contributed by atoms with Crippen molar-refractivity contribution < 1.29 is 26.2 Å².